The molecular weight excluding hydrogens is 152 g/mol. The first-order valence-corrected chi connectivity index (χ1v) is 3.90. The van der Waals surface area contributed by atoms with E-state index in [2.05, 4.69) is 0 Å². The van der Waals surface area contributed by atoms with Crippen molar-refractivity contribution in [1.29, 1.82) is 0 Å². The predicted octanol–water partition coefficient (Wildman–Crippen LogP) is 0.781. The van der Waals surface area contributed by atoms with Crippen LogP contribution in [0.1, 0.15) is 24.1 Å². The topological polar surface area (TPSA) is 72.3 Å². The van der Waals surface area contributed by atoms with Crippen LogP contribution in [0.2, 0.25) is 0 Å². The first kappa shape index (κ1) is 9.03. The summed E-state index contributed by atoms with van der Waals surface area (Å²) in [6, 6.07) is 5.33. The third-order valence-corrected chi connectivity index (χ3v) is 1.83. The van der Waals surface area contributed by atoms with E-state index < -0.39 is 0 Å². The Morgan fingerprint density at radius 1 is 1.50 bits per heavy atom. The summed E-state index contributed by atoms with van der Waals surface area (Å²) in [5.41, 5.74) is 13.7. The Balaban J connectivity index is 3.11. The molecule has 5 N–H and O–H groups in total. The predicted molar refractivity (Wildman–Crippen MR) is 49.4 cm³/mol. The van der Waals surface area contributed by atoms with Crippen molar-refractivity contribution in [3.8, 4) is 0 Å². The minimum Gasteiger partial charge on any atom is -0.399 e. The van der Waals surface area contributed by atoms with Gasteiger partial charge < -0.3 is 16.6 Å². The lowest BCUT2D eigenvalue weighted by molar-refractivity contribution is 0.280. The van der Waals surface area contributed by atoms with Crippen molar-refractivity contribution in [3.05, 3.63) is 29.3 Å². The van der Waals surface area contributed by atoms with Crippen molar-refractivity contribution in [2.75, 3.05) is 5.73 Å². The maximum Gasteiger partial charge on any atom is 0.0685 e. The van der Waals surface area contributed by atoms with Gasteiger partial charge in [0.25, 0.3) is 0 Å². The van der Waals surface area contributed by atoms with Crippen LogP contribution in [0, 0.1) is 0 Å². The molecule has 3 heteroatoms. The van der Waals surface area contributed by atoms with E-state index in [0.717, 1.165) is 11.1 Å². The first-order valence-electron chi connectivity index (χ1n) is 3.90. The first-order chi connectivity index (χ1) is 5.65. The van der Waals surface area contributed by atoms with Gasteiger partial charge in [0.1, 0.15) is 0 Å². The van der Waals surface area contributed by atoms with E-state index in [0.29, 0.717) is 5.69 Å². The second kappa shape index (κ2) is 3.56. The highest BCUT2D eigenvalue weighted by Gasteiger charge is 2.05. The number of anilines is 1. The molecule has 1 unspecified atom stereocenters. The number of hydrogen-bond acceptors (Lipinski definition) is 3. The number of aliphatic hydroxyl groups is 1. The second-order valence-corrected chi connectivity index (χ2v) is 2.91. The molecule has 1 aromatic rings. The Morgan fingerprint density at radius 2 is 2.17 bits per heavy atom. The Morgan fingerprint density at radius 3 is 2.67 bits per heavy atom. The summed E-state index contributed by atoms with van der Waals surface area (Å²) < 4.78 is 0. The van der Waals surface area contributed by atoms with Crippen LogP contribution in [0.15, 0.2) is 18.2 Å². The van der Waals surface area contributed by atoms with Gasteiger partial charge in [0.2, 0.25) is 0 Å². The van der Waals surface area contributed by atoms with Crippen LogP contribution in [0.5, 0.6) is 0 Å². The quantitative estimate of drug-likeness (QED) is 0.568. The molecule has 0 aliphatic carbocycles. The minimum absolute atomic E-state index is 0.0120. The van der Waals surface area contributed by atoms with Crippen molar-refractivity contribution in [3.63, 3.8) is 0 Å². The van der Waals surface area contributed by atoms with Gasteiger partial charge in [-0.25, -0.2) is 0 Å². The molecule has 12 heavy (non-hydrogen) atoms. The third-order valence-electron chi connectivity index (χ3n) is 1.83. The average Bonchev–Trinajstić information content (AvgIpc) is 2.03. The van der Waals surface area contributed by atoms with Gasteiger partial charge in [0.15, 0.2) is 0 Å². The SMILES string of the molecule is CC(N)c1ccc(N)cc1CO. The van der Waals surface area contributed by atoms with E-state index in [1.165, 1.54) is 0 Å². The fourth-order valence-electron chi connectivity index (χ4n) is 1.21. The number of nitrogens with two attached hydrogens (primary N) is 2. The zero-order valence-corrected chi connectivity index (χ0v) is 7.12. The zero-order valence-electron chi connectivity index (χ0n) is 7.12. The van der Waals surface area contributed by atoms with E-state index in [-0.39, 0.29) is 12.6 Å². The number of hydrogen-bond donors (Lipinski definition) is 3. The summed E-state index contributed by atoms with van der Waals surface area (Å²) in [6.45, 7) is 1.87. The highest BCUT2D eigenvalue weighted by molar-refractivity contribution is 5.45. The van der Waals surface area contributed by atoms with Crippen molar-refractivity contribution in [2.45, 2.75) is 19.6 Å². The number of rotatable bonds is 2. The van der Waals surface area contributed by atoms with Crippen molar-refractivity contribution >= 4 is 5.69 Å². The summed E-state index contributed by atoms with van der Waals surface area (Å²) in [6.07, 6.45) is 0. The molecule has 0 amide bonds. The Hall–Kier alpha value is -1.06. The standard InChI is InChI=1S/C9H14N2O/c1-6(10)9-3-2-8(11)4-7(9)5-12/h2-4,6,12H,5,10-11H2,1H3. The van der Waals surface area contributed by atoms with Gasteiger partial charge in [-0.3, -0.25) is 0 Å². The van der Waals surface area contributed by atoms with E-state index in [1.54, 1.807) is 12.1 Å². The molecule has 0 bridgehead atoms. The molecule has 0 aliphatic heterocycles. The normalized spacial score (nSPS) is 12.9. The summed E-state index contributed by atoms with van der Waals surface area (Å²) in [7, 11) is 0. The summed E-state index contributed by atoms with van der Waals surface area (Å²) in [4.78, 5) is 0. The van der Waals surface area contributed by atoms with Gasteiger partial charge in [0, 0.05) is 11.7 Å². The molecule has 0 radical (unpaired) electrons. The zero-order chi connectivity index (χ0) is 9.14. The van der Waals surface area contributed by atoms with E-state index in [1.807, 2.05) is 13.0 Å². The lowest BCUT2D eigenvalue weighted by Gasteiger charge is -2.11. The molecule has 1 rings (SSSR count). The van der Waals surface area contributed by atoms with Crippen molar-refractivity contribution < 1.29 is 5.11 Å². The van der Waals surface area contributed by atoms with Crippen LogP contribution in [-0.2, 0) is 6.61 Å². The van der Waals surface area contributed by atoms with Crippen molar-refractivity contribution in [2.24, 2.45) is 5.73 Å². The van der Waals surface area contributed by atoms with Gasteiger partial charge in [-0.05, 0) is 30.2 Å². The molecule has 66 valence electrons. The Kier molecular flexibility index (Phi) is 2.68. The lowest BCUT2D eigenvalue weighted by atomic mass is 10.0. The van der Waals surface area contributed by atoms with E-state index in [4.69, 9.17) is 16.6 Å². The number of benzene rings is 1. The van der Waals surface area contributed by atoms with Gasteiger partial charge in [0.05, 0.1) is 6.61 Å². The fraction of sp³-hybridized carbons (Fsp3) is 0.333. The molecule has 0 aliphatic rings. The van der Waals surface area contributed by atoms with Crippen LogP contribution in [0.4, 0.5) is 5.69 Å². The second-order valence-electron chi connectivity index (χ2n) is 2.91. The van der Waals surface area contributed by atoms with E-state index in [9.17, 15) is 0 Å². The van der Waals surface area contributed by atoms with Crippen LogP contribution in [0.25, 0.3) is 0 Å². The Labute approximate surface area is 72.0 Å². The monoisotopic (exact) mass is 166 g/mol. The maximum atomic E-state index is 8.98. The molecule has 1 atom stereocenters. The van der Waals surface area contributed by atoms with Gasteiger partial charge in [-0.2, -0.15) is 0 Å². The molecular formula is C9H14N2O. The molecule has 0 heterocycles. The molecule has 0 spiro atoms. The Bertz CT molecular complexity index is 271. The highest BCUT2D eigenvalue weighted by atomic mass is 16.3. The van der Waals surface area contributed by atoms with Gasteiger partial charge >= 0.3 is 0 Å². The molecule has 0 saturated heterocycles. The lowest BCUT2D eigenvalue weighted by Crippen LogP contribution is -2.08. The van der Waals surface area contributed by atoms with Crippen molar-refractivity contribution in [1.82, 2.24) is 0 Å². The van der Waals surface area contributed by atoms with Crippen LogP contribution < -0.4 is 11.5 Å². The number of aliphatic hydroxyl groups excluding tert-OH is 1. The summed E-state index contributed by atoms with van der Waals surface area (Å²) in [5.74, 6) is 0. The van der Waals surface area contributed by atoms with Gasteiger partial charge in [-0.15, -0.1) is 0 Å². The maximum absolute atomic E-state index is 8.98. The fourth-order valence-corrected chi connectivity index (χ4v) is 1.21. The van der Waals surface area contributed by atoms with Gasteiger partial charge in [-0.1, -0.05) is 6.07 Å². The average molecular weight is 166 g/mol. The van der Waals surface area contributed by atoms with Crippen LogP contribution in [0.3, 0.4) is 0 Å². The van der Waals surface area contributed by atoms with E-state index >= 15 is 0 Å². The molecule has 3 nitrogen and oxygen atoms in total. The minimum atomic E-state index is -0.0623. The summed E-state index contributed by atoms with van der Waals surface area (Å²) >= 11 is 0. The molecule has 0 saturated carbocycles. The third kappa shape index (κ3) is 1.75. The molecule has 0 fully saturated rings. The molecule has 0 aromatic heterocycles. The number of nitrogen functional groups attached to an aromatic ring is 1. The van der Waals surface area contributed by atoms with Crippen LogP contribution >= 0.6 is 0 Å². The van der Waals surface area contributed by atoms with Crippen LogP contribution in [-0.4, -0.2) is 5.11 Å². The summed E-state index contributed by atoms with van der Waals surface area (Å²) in [5, 5.41) is 8.98. The smallest absolute Gasteiger partial charge is 0.0685 e. The molecule has 1 aromatic carbocycles. The largest absolute Gasteiger partial charge is 0.399 e. The highest BCUT2D eigenvalue weighted by Crippen LogP contribution is 2.18.